The summed E-state index contributed by atoms with van der Waals surface area (Å²) in [6, 6.07) is 0. The Hall–Kier alpha value is -0.700. The van der Waals surface area contributed by atoms with Crippen LogP contribution < -0.4 is 32.7 Å². The largest absolute Gasteiger partial charge is 0.376 e. The van der Waals surface area contributed by atoms with E-state index in [4.69, 9.17) is 11.5 Å². The van der Waals surface area contributed by atoms with Crippen LogP contribution in [-0.2, 0) is 0 Å². The highest BCUT2D eigenvalue weighted by Crippen LogP contribution is 1.63. The van der Waals surface area contributed by atoms with E-state index in [0.29, 0.717) is 10.2 Å². The van der Waals surface area contributed by atoms with Gasteiger partial charge in [-0.3, -0.25) is 0 Å². The minimum atomic E-state index is 0.337. The van der Waals surface area contributed by atoms with Crippen LogP contribution in [0.1, 0.15) is 0 Å². The second-order valence-corrected chi connectivity index (χ2v) is 3.96. The molecule has 0 aromatic heterocycles. The molecule has 0 saturated carbocycles. The van der Waals surface area contributed by atoms with E-state index in [1.54, 1.807) is 0 Å². The van der Waals surface area contributed by atoms with Crippen LogP contribution in [-0.4, -0.2) is 49.5 Å². The van der Waals surface area contributed by atoms with Crippen molar-refractivity contribution in [2.45, 2.75) is 0 Å². The van der Waals surface area contributed by atoms with E-state index in [1.165, 1.54) is 0 Å². The molecule has 0 aromatic rings. The molecule has 0 aliphatic heterocycles. The van der Waals surface area contributed by atoms with Gasteiger partial charge in [-0.15, -0.1) is 0 Å². The van der Waals surface area contributed by atoms with Gasteiger partial charge in [0.05, 0.1) is 0 Å². The molecule has 0 radical (unpaired) electrons. The fourth-order valence-corrected chi connectivity index (χ4v) is 1.18. The average molecular weight is 264 g/mol. The van der Waals surface area contributed by atoms with Crippen LogP contribution in [0.15, 0.2) is 0 Å². The van der Waals surface area contributed by atoms with Crippen LogP contribution >= 0.6 is 24.4 Å². The van der Waals surface area contributed by atoms with Crippen molar-refractivity contribution < 1.29 is 0 Å². The van der Waals surface area contributed by atoms with Gasteiger partial charge in [0.15, 0.2) is 10.2 Å². The minimum absolute atomic E-state index is 0.337. The van der Waals surface area contributed by atoms with Gasteiger partial charge in [-0.25, -0.2) is 0 Å². The predicted molar refractivity (Wildman–Crippen MR) is 75.3 cm³/mol. The summed E-state index contributed by atoms with van der Waals surface area (Å²) in [5.74, 6) is 0. The molecule has 0 aromatic carbocycles. The predicted octanol–water partition coefficient (Wildman–Crippen LogP) is -2.17. The monoisotopic (exact) mass is 264 g/mol. The molecule has 0 bridgehead atoms. The molecule has 0 spiro atoms. The van der Waals surface area contributed by atoms with E-state index in [-0.39, 0.29) is 0 Å². The van der Waals surface area contributed by atoms with Gasteiger partial charge in [-0.1, -0.05) is 0 Å². The van der Waals surface area contributed by atoms with Gasteiger partial charge in [0, 0.05) is 39.3 Å². The van der Waals surface area contributed by atoms with Crippen molar-refractivity contribution in [3.63, 3.8) is 0 Å². The van der Waals surface area contributed by atoms with Crippen LogP contribution in [0.2, 0.25) is 0 Å². The first-order chi connectivity index (χ1) is 7.63. The third kappa shape index (κ3) is 13.3. The smallest absolute Gasteiger partial charge is 0.163 e. The summed E-state index contributed by atoms with van der Waals surface area (Å²) in [6.07, 6.45) is 0. The molecule has 8 N–H and O–H groups in total. The Morgan fingerprint density at radius 1 is 0.688 bits per heavy atom. The van der Waals surface area contributed by atoms with Crippen molar-refractivity contribution in [3.05, 3.63) is 0 Å². The fraction of sp³-hybridized carbons (Fsp3) is 0.750. The molecule has 0 aliphatic carbocycles. The Morgan fingerprint density at radius 3 is 1.31 bits per heavy atom. The fourth-order valence-electron chi connectivity index (χ4n) is 0.975. The number of thiocarbonyl (C=S) groups is 2. The second-order valence-electron chi connectivity index (χ2n) is 3.08. The normalized spacial score (nSPS) is 9.75. The van der Waals surface area contributed by atoms with Gasteiger partial charge in [-0.05, 0) is 24.4 Å². The van der Waals surface area contributed by atoms with Crippen molar-refractivity contribution in [1.29, 1.82) is 0 Å². The van der Waals surface area contributed by atoms with Gasteiger partial charge < -0.3 is 32.7 Å². The summed E-state index contributed by atoms with van der Waals surface area (Å²) in [6.45, 7) is 4.96. The summed E-state index contributed by atoms with van der Waals surface area (Å²) >= 11 is 9.33. The van der Waals surface area contributed by atoms with Crippen LogP contribution in [0, 0.1) is 0 Å². The Labute approximate surface area is 107 Å². The molecule has 0 aliphatic rings. The summed E-state index contributed by atoms with van der Waals surface area (Å²) < 4.78 is 0. The lowest BCUT2D eigenvalue weighted by atomic mass is 10.5. The lowest BCUT2D eigenvalue weighted by molar-refractivity contribution is 0.604. The van der Waals surface area contributed by atoms with Crippen molar-refractivity contribution in [2.24, 2.45) is 11.5 Å². The van der Waals surface area contributed by atoms with E-state index >= 15 is 0 Å². The van der Waals surface area contributed by atoms with Crippen molar-refractivity contribution in [3.8, 4) is 0 Å². The maximum Gasteiger partial charge on any atom is 0.163 e. The third-order valence-corrected chi connectivity index (χ3v) is 1.97. The maximum atomic E-state index is 5.27. The number of hydrogen-bond acceptors (Lipinski definition) is 4. The van der Waals surface area contributed by atoms with Crippen molar-refractivity contribution in [2.75, 3.05) is 39.3 Å². The summed E-state index contributed by atoms with van der Waals surface area (Å²) in [5, 5.41) is 12.8. The Balaban J connectivity index is 2.98. The number of nitrogens with two attached hydrogens (primary N) is 2. The summed E-state index contributed by atoms with van der Waals surface area (Å²) in [7, 11) is 0. The zero-order valence-corrected chi connectivity index (χ0v) is 10.8. The van der Waals surface area contributed by atoms with Gasteiger partial charge in [-0.2, -0.15) is 0 Å². The molecule has 94 valence electrons. The third-order valence-electron chi connectivity index (χ3n) is 1.68. The van der Waals surface area contributed by atoms with Crippen LogP contribution in [0.4, 0.5) is 0 Å². The molecule has 8 heteroatoms. The van der Waals surface area contributed by atoms with Crippen LogP contribution in [0.3, 0.4) is 0 Å². The first-order valence-electron chi connectivity index (χ1n) is 5.11. The number of rotatable bonds is 9. The highest BCUT2D eigenvalue weighted by molar-refractivity contribution is 7.80. The minimum Gasteiger partial charge on any atom is -0.376 e. The van der Waals surface area contributed by atoms with E-state index in [0.717, 1.165) is 39.3 Å². The van der Waals surface area contributed by atoms with E-state index < -0.39 is 0 Å². The summed E-state index contributed by atoms with van der Waals surface area (Å²) in [5.41, 5.74) is 10.5. The van der Waals surface area contributed by atoms with Crippen LogP contribution in [0.5, 0.6) is 0 Å². The number of nitrogens with one attached hydrogen (secondary N) is 4. The van der Waals surface area contributed by atoms with Crippen molar-refractivity contribution in [1.82, 2.24) is 21.3 Å². The topological polar surface area (TPSA) is 100 Å². The van der Waals surface area contributed by atoms with Gasteiger partial charge in [0.1, 0.15) is 0 Å². The molecule has 0 rings (SSSR count). The summed E-state index contributed by atoms with van der Waals surface area (Å²) in [4.78, 5) is 0. The van der Waals surface area contributed by atoms with E-state index in [9.17, 15) is 0 Å². The van der Waals surface area contributed by atoms with Crippen LogP contribution in [0.25, 0.3) is 0 Å². The Bertz CT molecular complexity index is 189. The Kier molecular flexibility index (Phi) is 10.3. The zero-order chi connectivity index (χ0) is 12.2. The van der Waals surface area contributed by atoms with Gasteiger partial charge >= 0.3 is 0 Å². The highest BCUT2D eigenvalue weighted by atomic mass is 32.1. The van der Waals surface area contributed by atoms with Gasteiger partial charge in [0.25, 0.3) is 0 Å². The SMILES string of the molecule is NC(=S)NCCNCCNCCNC(N)=S. The molecule has 0 saturated heterocycles. The molecular weight excluding hydrogens is 244 g/mol. The van der Waals surface area contributed by atoms with Gasteiger partial charge in [0.2, 0.25) is 0 Å². The van der Waals surface area contributed by atoms with Crippen molar-refractivity contribution >= 4 is 34.7 Å². The van der Waals surface area contributed by atoms with E-state index in [1.807, 2.05) is 0 Å². The molecule has 0 atom stereocenters. The average Bonchev–Trinajstić information content (AvgIpc) is 2.20. The molecule has 0 heterocycles. The first kappa shape index (κ1) is 15.3. The molecular formula is C8H20N6S2. The molecule has 0 fully saturated rings. The first-order valence-corrected chi connectivity index (χ1v) is 5.92. The molecule has 6 nitrogen and oxygen atoms in total. The zero-order valence-electron chi connectivity index (χ0n) is 9.21. The molecule has 16 heavy (non-hydrogen) atoms. The van der Waals surface area contributed by atoms with E-state index in [2.05, 4.69) is 45.7 Å². The maximum absolute atomic E-state index is 5.27. The second kappa shape index (κ2) is 10.8. The standard InChI is InChI=1S/C8H20N6S2/c9-7(15)13-5-3-11-1-2-12-4-6-14-8(10)16/h11-12H,1-6H2,(H3,9,13,15)(H3,10,14,16). The lowest BCUT2D eigenvalue weighted by Gasteiger charge is -2.08. The Morgan fingerprint density at radius 2 is 1.00 bits per heavy atom. The molecule has 0 amide bonds. The molecule has 0 unspecified atom stereocenters. The lowest BCUT2D eigenvalue weighted by Crippen LogP contribution is -2.39. The highest BCUT2D eigenvalue weighted by Gasteiger charge is 1.90. The number of hydrogen-bond donors (Lipinski definition) is 6. The quantitative estimate of drug-likeness (QED) is 0.207.